The number of benzene rings is 1. The van der Waals surface area contributed by atoms with E-state index in [0.717, 1.165) is 16.7 Å². The first-order valence-corrected chi connectivity index (χ1v) is 10.2. The van der Waals surface area contributed by atoms with Gasteiger partial charge < -0.3 is 11.1 Å². The Labute approximate surface area is 190 Å². The van der Waals surface area contributed by atoms with E-state index in [9.17, 15) is 14.4 Å². The van der Waals surface area contributed by atoms with Crippen LogP contribution in [0.25, 0.3) is 22.0 Å². The van der Waals surface area contributed by atoms with Crippen LogP contribution in [0.5, 0.6) is 0 Å². The van der Waals surface area contributed by atoms with Crippen molar-refractivity contribution in [1.29, 1.82) is 5.26 Å². The Bertz CT molecular complexity index is 1440. The smallest absolute Gasteiger partial charge is 0.274 e. The average Bonchev–Trinajstić information content (AvgIpc) is 2.82. The van der Waals surface area contributed by atoms with Crippen molar-refractivity contribution >= 4 is 28.3 Å². The van der Waals surface area contributed by atoms with Crippen LogP contribution in [-0.4, -0.2) is 20.9 Å². The van der Waals surface area contributed by atoms with Gasteiger partial charge in [-0.15, -0.1) is 0 Å². The fraction of sp³-hybridized carbons (Fsp3) is 0.160. The molecule has 33 heavy (non-hydrogen) atoms. The van der Waals surface area contributed by atoms with Gasteiger partial charge in [-0.2, -0.15) is 5.26 Å². The number of hydrogen-bond acceptors (Lipinski definition) is 6. The SMILES string of the molecule is Cc1ccc(NC(=O)c2cc(C(C)(C)C#N)ccn2)cc1-c1cnc2c(F)c(N)ncc2c1. The summed E-state index contributed by atoms with van der Waals surface area (Å²) in [6.07, 6.45) is 4.56. The summed E-state index contributed by atoms with van der Waals surface area (Å²) in [5.74, 6) is -1.23. The minimum Gasteiger partial charge on any atom is -0.381 e. The molecule has 0 saturated carbocycles. The zero-order valence-electron chi connectivity index (χ0n) is 18.3. The molecule has 0 atom stereocenters. The van der Waals surface area contributed by atoms with Crippen molar-refractivity contribution in [3.63, 3.8) is 0 Å². The first-order chi connectivity index (χ1) is 15.7. The van der Waals surface area contributed by atoms with Gasteiger partial charge in [0.15, 0.2) is 11.6 Å². The molecule has 0 radical (unpaired) electrons. The van der Waals surface area contributed by atoms with Crippen LogP contribution in [0.3, 0.4) is 0 Å². The van der Waals surface area contributed by atoms with Crippen molar-refractivity contribution in [3.05, 3.63) is 77.6 Å². The van der Waals surface area contributed by atoms with Crippen LogP contribution < -0.4 is 11.1 Å². The highest BCUT2D eigenvalue weighted by Gasteiger charge is 2.21. The fourth-order valence-corrected chi connectivity index (χ4v) is 3.44. The molecule has 4 rings (SSSR count). The largest absolute Gasteiger partial charge is 0.381 e. The topological polar surface area (TPSA) is 118 Å². The molecule has 1 aromatic carbocycles. The molecule has 4 aromatic rings. The predicted molar refractivity (Wildman–Crippen MR) is 125 cm³/mol. The maximum atomic E-state index is 14.2. The van der Waals surface area contributed by atoms with Gasteiger partial charge in [0, 0.05) is 35.2 Å². The minimum absolute atomic E-state index is 0.152. The normalized spacial score (nSPS) is 11.2. The molecule has 0 aliphatic carbocycles. The molecular weight excluding hydrogens is 419 g/mol. The molecule has 0 saturated heterocycles. The third-order valence-electron chi connectivity index (χ3n) is 5.49. The summed E-state index contributed by atoms with van der Waals surface area (Å²) in [7, 11) is 0. The van der Waals surface area contributed by atoms with Crippen molar-refractivity contribution in [2.75, 3.05) is 11.1 Å². The van der Waals surface area contributed by atoms with E-state index in [1.807, 2.05) is 19.1 Å². The number of halogens is 1. The van der Waals surface area contributed by atoms with Crippen molar-refractivity contribution in [2.45, 2.75) is 26.2 Å². The number of aromatic nitrogens is 3. The summed E-state index contributed by atoms with van der Waals surface area (Å²) >= 11 is 0. The second kappa shape index (κ2) is 8.28. The third-order valence-corrected chi connectivity index (χ3v) is 5.49. The van der Waals surface area contributed by atoms with Crippen molar-refractivity contribution in [3.8, 4) is 17.2 Å². The molecule has 1 amide bonds. The fourth-order valence-electron chi connectivity index (χ4n) is 3.44. The Morgan fingerprint density at radius 2 is 1.91 bits per heavy atom. The Morgan fingerprint density at radius 3 is 2.67 bits per heavy atom. The van der Waals surface area contributed by atoms with Crippen molar-refractivity contribution in [1.82, 2.24) is 15.0 Å². The van der Waals surface area contributed by atoms with E-state index in [0.29, 0.717) is 16.6 Å². The van der Waals surface area contributed by atoms with Gasteiger partial charge in [-0.25, -0.2) is 9.37 Å². The highest BCUT2D eigenvalue weighted by atomic mass is 19.1. The van der Waals surface area contributed by atoms with Gasteiger partial charge in [0.05, 0.1) is 11.5 Å². The quantitative estimate of drug-likeness (QED) is 0.472. The van der Waals surface area contributed by atoms with Crippen LogP contribution in [0.1, 0.15) is 35.5 Å². The van der Waals surface area contributed by atoms with Gasteiger partial charge in [-0.3, -0.25) is 14.8 Å². The molecule has 8 heteroatoms. The third kappa shape index (κ3) is 4.21. The van der Waals surface area contributed by atoms with Gasteiger partial charge >= 0.3 is 0 Å². The molecule has 7 nitrogen and oxygen atoms in total. The highest BCUT2D eigenvalue weighted by molar-refractivity contribution is 6.03. The van der Waals surface area contributed by atoms with Crippen molar-refractivity contribution in [2.24, 2.45) is 0 Å². The first kappa shape index (κ1) is 21.8. The second-order valence-corrected chi connectivity index (χ2v) is 8.27. The lowest BCUT2D eigenvalue weighted by Gasteiger charge is -2.16. The van der Waals surface area contributed by atoms with Crippen LogP contribution in [0.4, 0.5) is 15.9 Å². The molecule has 0 spiro atoms. The number of nitrogen functional groups attached to an aromatic ring is 1. The Balaban J connectivity index is 1.65. The van der Waals surface area contributed by atoms with E-state index in [4.69, 9.17) is 5.73 Å². The van der Waals surface area contributed by atoms with Crippen LogP contribution in [0.15, 0.2) is 55.0 Å². The first-order valence-electron chi connectivity index (χ1n) is 10.2. The lowest BCUT2D eigenvalue weighted by atomic mass is 9.86. The maximum absolute atomic E-state index is 14.2. The monoisotopic (exact) mass is 440 g/mol. The van der Waals surface area contributed by atoms with E-state index in [-0.39, 0.29) is 17.0 Å². The van der Waals surface area contributed by atoms with E-state index in [2.05, 4.69) is 26.3 Å². The molecule has 0 fully saturated rings. The molecule has 3 aromatic heterocycles. The number of pyridine rings is 3. The van der Waals surface area contributed by atoms with E-state index >= 15 is 0 Å². The Morgan fingerprint density at radius 1 is 1.12 bits per heavy atom. The number of nitrogens with zero attached hydrogens (tertiary/aromatic N) is 4. The second-order valence-electron chi connectivity index (χ2n) is 8.27. The molecule has 0 unspecified atom stereocenters. The number of nitrogens with two attached hydrogens (primary N) is 1. The number of aryl methyl sites for hydroxylation is 1. The molecule has 3 heterocycles. The summed E-state index contributed by atoms with van der Waals surface area (Å²) < 4.78 is 14.2. The van der Waals surface area contributed by atoms with Crippen LogP contribution in [0.2, 0.25) is 0 Å². The Hall–Kier alpha value is -4.38. The van der Waals surface area contributed by atoms with Gasteiger partial charge in [-0.05, 0) is 67.8 Å². The molecule has 3 N–H and O–H groups in total. The van der Waals surface area contributed by atoms with Gasteiger partial charge in [0.1, 0.15) is 11.2 Å². The van der Waals surface area contributed by atoms with Crippen LogP contribution >= 0.6 is 0 Å². The molecule has 164 valence electrons. The number of anilines is 2. The lowest BCUT2D eigenvalue weighted by molar-refractivity contribution is 0.102. The average molecular weight is 440 g/mol. The zero-order chi connectivity index (χ0) is 23.8. The minimum atomic E-state index is -0.739. The number of amides is 1. The number of nitriles is 1. The van der Waals surface area contributed by atoms with Gasteiger partial charge in [-0.1, -0.05) is 6.07 Å². The van der Waals surface area contributed by atoms with Crippen LogP contribution in [0, 0.1) is 24.1 Å². The van der Waals surface area contributed by atoms with Crippen LogP contribution in [-0.2, 0) is 5.41 Å². The highest BCUT2D eigenvalue weighted by Crippen LogP contribution is 2.30. The number of rotatable bonds is 4. The molecule has 0 aliphatic heterocycles. The summed E-state index contributed by atoms with van der Waals surface area (Å²) in [4.78, 5) is 25.1. The Kier molecular flexibility index (Phi) is 5.48. The van der Waals surface area contributed by atoms with Gasteiger partial charge in [0.25, 0.3) is 5.91 Å². The molecular formula is C25H21FN6O. The number of nitrogens with one attached hydrogen (secondary N) is 1. The standard InChI is InChI=1S/C25H21FN6O/c1-14-4-5-18(32-24(33)20-9-17(6-7-29-20)25(2,3)13-27)10-19(14)15-8-16-12-31-23(28)21(26)22(16)30-11-15/h4-12H,1-3H3,(H2,28,31)(H,32,33). The zero-order valence-corrected chi connectivity index (χ0v) is 18.3. The van der Waals surface area contributed by atoms with Gasteiger partial charge in [0.2, 0.25) is 0 Å². The number of fused-ring (bicyclic) bond motifs is 1. The lowest BCUT2D eigenvalue weighted by Crippen LogP contribution is -2.18. The predicted octanol–water partition coefficient (Wildman–Crippen LogP) is 4.78. The number of carbonyl (C=O) groups is 1. The van der Waals surface area contributed by atoms with E-state index < -0.39 is 17.1 Å². The summed E-state index contributed by atoms with van der Waals surface area (Å²) in [5, 5.41) is 12.7. The summed E-state index contributed by atoms with van der Waals surface area (Å²) in [5.41, 5.74) is 8.95. The molecule has 0 aliphatic rings. The number of hydrogen-bond donors (Lipinski definition) is 2. The summed E-state index contributed by atoms with van der Waals surface area (Å²) in [6, 6.07) is 12.8. The van der Waals surface area contributed by atoms with E-state index in [1.165, 1.54) is 12.4 Å². The maximum Gasteiger partial charge on any atom is 0.274 e. The number of carbonyl (C=O) groups excluding carboxylic acids is 1. The van der Waals surface area contributed by atoms with E-state index in [1.54, 1.807) is 44.3 Å². The van der Waals surface area contributed by atoms with Crippen molar-refractivity contribution < 1.29 is 9.18 Å². The molecule has 0 bridgehead atoms. The summed E-state index contributed by atoms with van der Waals surface area (Å²) in [6.45, 7) is 5.50.